The molecule has 31 heavy (non-hydrogen) atoms. The second kappa shape index (κ2) is 8.51. The highest BCUT2D eigenvalue weighted by Crippen LogP contribution is 2.36. The van der Waals surface area contributed by atoms with Crippen LogP contribution < -0.4 is 20.3 Å². The molecule has 160 valence electrons. The molecule has 0 unspecified atom stereocenters. The molecule has 1 aromatic heterocycles. The Morgan fingerprint density at radius 1 is 1.19 bits per heavy atom. The number of benzene rings is 2. The Morgan fingerprint density at radius 3 is 2.65 bits per heavy atom. The first-order chi connectivity index (χ1) is 15.0. The minimum absolute atomic E-state index is 0.222. The van der Waals surface area contributed by atoms with Crippen molar-refractivity contribution in [1.29, 1.82) is 0 Å². The number of nitrogens with zero attached hydrogens (tertiary/aromatic N) is 4. The number of aromatic nitrogens is 3. The lowest BCUT2D eigenvalue weighted by molar-refractivity contribution is -0.113. The number of para-hydroxylation sites is 2. The molecule has 8 nitrogen and oxygen atoms in total. The minimum Gasteiger partial charge on any atom is -0.492 e. The van der Waals surface area contributed by atoms with E-state index in [0.29, 0.717) is 29.6 Å². The summed E-state index contributed by atoms with van der Waals surface area (Å²) in [6.07, 6.45) is 1.49. The van der Waals surface area contributed by atoms with Gasteiger partial charge in [-0.25, -0.2) is 4.68 Å². The summed E-state index contributed by atoms with van der Waals surface area (Å²) >= 11 is 0. The predicted octanol–water partition coefficient (Wildman–Crippen LogP) is 3.67. The number of allylic oxidation sites excluding steroid dienone is 1. The number of fused-ring (bicyclic) bond motifs is 1. The first-order valence-electron chi connectivity index (χ1n) is 10.2. The number of carbonyl (C=O) groups excluding carboxylic acids is 1. The van der Waals surface area contributed by atoms with Gasteiger partial charge in [0, 0.05) is 25.5 Å². The molecule has 2 heterocycles. The zero-order valence-electron chi connectivity index (χ0n) is 18.1. The summed E-state index contributed by atoms with van der Waals surface area (Å²) in [4.78, 5) is 19.8. The predicted molar refractivity (Wildman–Crippen MR) is 121 cm³/mol. The molecular weight excluding hydrogens is 392 g/mol. The van der Waals surface area contributed by atoms with Gasteiger partial charge in [0.15, 0.2) is 0 Å². The summed E-state index contributed by atoms with van der Waals surface area (Å²) in [6.45, 7) is 4.30. The molecule has 2 N–H and O–H groups in total. The van der Waals surface area contributed by atoms with Crippen molar-refractivity contribution in [3.8, 4) is 5.75 Å². The maximum atomic E-state index is 13.5. The number of hydrogen-bond acceptors (Lipinski definition) is 6. The maximum absolute atomic E-state index is 13.5. The molecule has 3 aromatic rings. The molecule has 0 fully saturated rings. The van der Waals surface area contributed by atoms with Crippen LogP contribution in [0.2, 0.25) is 0 Å². The largest absolute Gasteiger partial charge is 0.492 e. The number of anilines is 3. The molecule has 1 aliphatic heterocycles. The Bertz CT molecular complexity index is 1120. The Hall–Kier alpha value is -3.81. The van der Waals surface area contributed by atoms with Crippen molar-refractivity contribution in [2.24, 2.45) is 0 Å². The van der Waals surface area contributed by atoms with Crippen molar-refractivity contribution in [2.75, 3.05) is 36.2 Å². The van der Waals surface area contributed by atoms with Crippen molar-refractivity contribution in [3.63, 3.8) is 0 Å². The normalized spacial score (nSPS) is 15.2. The number of amides is 1. The minimum atomic E-state index is -0.408. The van der Waals surface area contributed by atoms with Gasteiger partial charge in [-0.15, -0.1) is 0 Å². The van der Waals surface area contributed by atoms with Crippen LogP contribution in [0.5, 0.6) is 5.75 Å². The van der Waals surface area contributed by atoms with Gasteiger partial charge < -0.3 is 20.3 Å². The lowest BCUT2D eigenvalue weighted by Gasteiger charge is -2.29. The fourth-order valence-corrected chi connectivity index (χ4v) is 3.69. The molecule has 2 aromatic carbocycles. The molecule has 8 heteroatoms. The van der Waals surface area contributed by atoms with Gasteiger partial charge in [-0.1, -0.05) is 24.3 Å². The van der Waals surface area contributed by atoms with Gasteiger partial charge in [-0.05, 0) is 43.7 Å². The monoisotopic (exact) mass is 418 g/mol. The van der Waals surface area contributed by atoms with Gasteiger partial charge in [0.05, 0.1) is 17.9 Å². The van der Waals surface area contributed by atoms with E-state index in [1.165, 1.54) is 6.33 Å². The SMILES string of the molecule is CCOc1ccccc1NC(=O)C1=C(C)Nc2ncnn2[C@@H]1c1ccc(N(C)C)cc1. The van der Waals surface area contributed by atoms with Crippen LogP contribution in [-0.2, 0) is 4.79 Å². The van der Waals surface area contributed by atoms with Gasteiger partial charge in [0.25, 0.3) is 5.91 Å². The van der Waals surface area contributed by atoms with E-state index in [9.17, 15) is 4.79 Å². The van der Waals surface area contributed by atoms with Gasteiger partial charge >= 0.3 is 0 Å². The van der Waals surface area contributed by atoms with Crippen molar-refractivity contribution >= 4 is 23.2 Å². The van der Waals surface area contributed by atoms with E-state index >= 15 is 0 Å². The van der Waals surface area contributed by atoms with Crippen LogP contribution in [0, 0.1) is 0 Å². The van der Waals surface area contributed by atoms with Crippen LogP contribution in [0.1, 0.15) is 25.5 Å². The molecule has 0 saturated carbocycles. The first-order valence-corrected chi connectivity index (χ1v) is 10.2. The third kappa shape index (κ3) is 3.96. The third-order valence-electron chi connectivity index (χ3n) is 5.20. The molecule has 0 spiro atoms. The summed E-state index contributed by atoms with van der Waals surface area (Å²) in [5, 5.41) is 10.6. The van der Waals surface area contributed by atoms with Crippen LogP contribution in [0.15, 0.2) is 66.1 Å². The van der Waals surface area contributed by atoms with E-state index in [0.717, 1.165) is 16.9 Å². The number of rotatable bonds is 6. The van der Waals surface area contributed by atoms with E-state index in [4.69, 9.17) is 4.74 Å². The van der Waals surface area contributed by atoms with E-state index in [2.05, 4.69) is 20.7 Å². The molecule has 1 aliphatic rings. The zero-order valence-corrected chi connectivity index (χ0v) is 18.1. The summed E-state index contributed by atoms with van der Waals surface area (Å²) < 4.78 is 7.40. The summed E-state index contributed by atoms with van der Waals surface area (Å²) in [5.74, 6) is 1.01. The standard InChI is InChI=1S/C23H26N6O2/c1-5-31-19-9-7-6-8-18(19)27-22(30)20-15(2)26-23-24-14-25-29(23)21(20)16-10-12-17(13-11-16)28(3)4/h6-14,21H,5H2,1-4H3,(H,27,30)(H,24,25,26)/t21-/m1/s1. The molecule has 0 radical (unpaired) electrons. The van der Waals surface area contributed by atoms with E-state index in [1.54, 1.807) is 4.68 Å². The molecule has 1 atom stereocenters. The molecule has 4 rings (SSSR count). The number of ether oxygens (including phenoxy) is 1. The topological polar surface area (TPSA) is 84.3 Å². The van der Waals surface area contributed by atoms with Crippen molar-refractivity contribution < 1.29 is 9.53 Å². The average molecular weight is 419 g/mol. The van der Waals surface area contributed by atoms with Crippen LogP contribution in [-0.4, -0.2) is 41.4 Å². The second-order valence-corrected chi connectivity index (χ2v) is 7.46. The summed E-state index contributed by atoms with van der Waals surface area (Å²) in [6, 6.07) is 15.1. The molecular formula is C23H26N6O2. The molecule has 1 amide bonds. The summed E-state index contributed by atoms with van der Waals surface area (Å²) in [5.41, 5.74) is 3.95. The smallest absolute Gasteiger partial charge is 0.255 e. The van der Waals surface area contributed by atoms with Crippen molar-refractivity contribution in [2.45, 2.75) is 19.9 Å². The fourth-order valence-electron chi connectivity index (χ4n) is 3.69. The highest BCUT2D eigenvalue weighted by atomic mass is 16.5. The molecule has 0 bridgehead atoms. The van der Waals surface area contributed by atoms with E-state index < -0.39 is 6.04 Å². The van der Waals surface area contributed by atoms with Crippen LogP contribution in [0.4, 0.5) is 17.3 Å². The van der Waals surface area contributed by atoms with Crippen molar-refractivity contribution in [3.05, 3.63) is 71.7 Å². The van der Waals surface area contributed by atoms with Crippen LogP contribution in [0.3, 0.4) is 0 Å². The Morgan fingerprint density at radius 2 is 1.94 bits per heavy atom. The maximum Gasteiger partial charge on any atom is 0.255 e. The first kappa shape index (κ1) is 20.5. The molecule has 0 aliphatic carbocycles. The average Bonchev–Trinajstić information content (AvgIpc) is 3.22. The Kier molecular flexibility index (Phi) is 5.62. The number of hydrogen-bond donors (Lipinski definition) is 2. The van der Waals surface area contributed by atoms with E-state index in [1.807, 2.05) is 81.4 Å². The number of nitrogens with one attached hydrogen (secondary N) is 2. The zero-order chi connectivity index (χ0) is 22.0. The van der Waals surface area contributed by atoms with Gasteiger partial charge in [-0.3, -0.25) is 4.79 Å². The highest BCUT2D eigenvalue weighted by Gasteiger charge is 2.33. The quantitative estimate of drug-likeness (QED) is 0.635. The lowest BCUT2D eigenvalue weighted by atomic mass is 9.94. The van der Waals surface area contributed by atoms with Gasteiger partial charge in [0.1, 0.15) is 18.1 Å². The molecule has 0 saturated heterocycles. The highest BCUT2D eigenvalue weighted by molar-refractivity contribution is 6.06. The lowest BCUT2D eigenvalue weighted by Crippen LogP contribution is -2.31. The third-order valence-corrected chi connectivity index (χ3v) is 5.20. The van der Waals surface area contributed by atoms with Crippen LogP contribution >= 0.6 is 0 Å². The second-order valence-electron chi connectivity index (χ2n) is 7.46. The fraction of sp³-hybridized carbons (Fsp3) is 0.261. The number of carbonyl (C=O) groups is 1. The van der Waals surface area contributed by atoms with Crippen LogP contribution in [0.25, 0.3) is 0 Å². The van der Waals surface area contributed by atoms with Crippen molar-refractivity contribution in [1.82, 2.24) is 14.8 Å². The summed E-state index contributed by atoms with van der Waals surface area (Å²) in [7, 11) is 3.99. The Labute approximate surface area is 181 Å². The van der Waals surface area contributed by atoms with E-state index in [-0.39, 0.29) is 5.91 Å². The van der Waals surface area contributed by atoms with Gasteiger partial charge in [-0.2, -0.15) is 10.1 Å². The van der Waals surface area contributed by atoms with Gasteiger partial charge in [0.2, 0.25) is 5.95 Å². The Balaban J connectivity index is 1.73.